The summed E-state index contributed by atoms with van der Waals surface area (Å²) in [5, 5.41) is 2.82. The largest absolute Gasteiger partial charge is 0.460 e. The molecule has 1 amide bonds. The molecule has 4 heteroatoms. The molecule has 0 bridgehead atoms. The van der Waals surface area contributed by atoms with Crippen molar-refractivity contribution in [2.45, 2.75) is 13.8 Å². The van der Waals surface area contributed by atoms with Gasteiger partial charge in [-0.15, -0.1) is 0 Å². The predicted molar refractivity (Wildman–Crippen MR) is 85.7 cm³/mol. The van der Waals surface area contributed by atoms with Crippen molar-refractivity contribution in [2.75, 3.05) is 5.32 Å². The maximum atomic E-state index is 12.6. The highest BCUT2D eigenvalue weighted by Crippen LogP contribution is 2.33. The van der Waals surface area contributed by atoms with Gasteiger partial charge in [0.1, 0.15) is 11.5 Å². The molecular formula is C18H15NO3. The van der Waals surface area contributed by atoms with Gasteiger partial charge in [-0.25, -0.2) is 0 Å². The van der Waals surface area contributed by atoms with E-state index in [1.54, 1.807) is 13.0 Å². The fraction of sp³-hybridized carbons (Fsp3) is 0.111. The van der Waals surface area contributed by atoms with Gasteiger partial charge < -0.3 is 9.73 Å². The molecule has 0 spiro atoms. The van der Waals surface area contributed by atoms with Crippen molar-refractivity contribution < 1.29 is 14.0 Å². The molecule has 22 heavy (non-hydrogen) atoms. The smallest absolute Gasteiger partial charge is 0.259 e. The van der Waals surface area contributed by atoms with E-state index in [0.29, 0.717) is 28.3 Å². The first-order chi connectivity index (χ1) is 10.5. The Morgan fingerprint density at radius 2 is 1.82 bits per heavy atom. The van der Waals surface area contributed by atoms with E-state index in [2.05, 4.69) is 11.9 Å². The van der Waals surface area contributed by atoms with Crippen LogP contribution in [0.15, 0.2) is 41.3 Å². The molecule has 1 aromatic heterocycles. The van der Waals surface area contributed by atoms with Gasteiger partial charge in [0.05, 0.1) is 5.56 Å². The third-order valence-corrected chi connectivity index (χ3v) is 3.63. The van der Waals surface area contributed by atoms with Crippen LogP contribution in [-0.2, 0) is 4.79 Å². The van der Waals surface area contributed by atoms with E-state index in [0.717, 1.165) is 5.56 Å². The minimum atomic E-state index is -0.310. The van der Waals surface area contributed by atoms with Crippen molar-refractivity contribution in [1.29, 1.82) is 0 Å². The van der Waals surface area contributed by atoms with Crippen LogP contribution in [0.25, 0.3) is 11.6 Å². The molecular weight excluding hydrogens is 278 g/mol. The van der Waals surface area contributed by atoms with Crippen molar-refractivity contribution in [2.24, 2.45) is 0 Å². The van der Waals surface area contributed by atoms with Crippen molar-refractivity contribution in [3.63, 3.8) is 0 Å². The number of anilines is 1. The van der Waals surface area contributed by atoms with E-state index < -0.39 is 0 Å². The maximum Gasteiger partial charge on any atom is 0.259 e. The summed E-state index contributed by atoms with van der Waals surface area (Å²) in [7, 11) is 0. The topological polar surface area (TPSA) is 59.3 Å². The number of hydrogen-bond acceptors (Lipinski definition) is 3. The van der Waals surface area contributed by atoms with Crippen molar-refractivity contribution in [3.8, 4) is 0 Å². The van der Waals surface area contributed by atoms with Crippen molar-refractivity contribution >= 4 is 29.0 Å². The second-order valence-corrected chi connectivity index (χ2v) is 5.27. The van der Waals surface area contributed by atoms with Crippen LogP contribution in [0.3, 0.4) is 0 Å². The lowest BCUT2D eigenvalue weighted by atomic mass is 9.93. The number of furan rings is 1. The minimum Gasteiger partial charge on any atom is -0.460 e. The van der Waals surface area contributed by atoms with E-state index in [-0.39, 0.29) is 17.3 Å². The Balaban J connectivity index is 1.98. The van der Waals surface area contributed by atoms with Crippen LogP contribution >= 0.6 is 0 Å². The molecule has 0 saturated heterocycles. The van der Waals surface area contributed by atoms with Gasteiger partial charge in [-0.05, 0) is 38.1 Å². The Morgan fingerprint density at radius 3 is 2.50 bits per heavy atom. The Labute approximate surface area is 128 Å². The molecule has 1 aliphatic carbocycles. The molecule has 1 aliphatic rings. The summed E-state index contributed by atoms with van der Waals surface area (Å²) in [6.45, 7) is 7.45. The molecule has 0 fully saturated rings. The Morgan fingerprint density at radius 1 is 1.14 bits per heavy atom. The highest BCUT2D eigenvalue weighted by Gasteiger charge is 2.28. The molecule has 3 rings (SSSR count). The zero-order valence-electron chi connectivity index (χ0n) is 12.4. The zero-order chi connectivity index (χ0) is 15.9. The number of nitrogens with one attached hydrogen (secondary N) is 1. The summed E-state index contributed by atoms with van der Waals surface area (Å²) in [6, 6.07) is 7.49. The zero-order valence-corrected chi connectivity index (χ0v) is 12.4. The number of hydrogen-bond donors (Lipinski definition) is 1. The summed E-state index contributed by atoms with van der Waals surface area (Å²) >= 11 is 0. The molecule has 1 N–H and O–H groups in total. The Hall–Kier alpha value is -2.88. The van der Waals surface area contributed by atoms with E-state index in [9.17, 15) is 9.59 Å². The number of fused-ring (bicyclic) bond motifs is 1. The molecule has 4 nitrogen and oxygen atoms in total. The monoisotopic (exact) mass is 293 g/mol. The lowest BCUT2D eigenvalue weighted by Gasteiger charge is -2.10. The quantitative estimate of drug-likeness (QED) is 0.858. The summed E-state index contributed by atoms with van der Waals surface area (Å²) in [6.07, 6.45) is 2.97. The van der Waals surface area contributed by atoms with E-state index >= 15 is 0 Å². The first-order valence-corrected chi connectivity index (χ1v) is 6.90. The summed E-state index contributed by atoms with van der Waals surface area (Å²) in [4.78, 5) is 24.3. The third kappa shape index (κ3) is 2.29. The van der Waals surface area contributed by atoms with Crippen LogP contribution in [0.2, 0.25) is 0 Å². The van der Waals surface area contributed by atoms with Gasteiger partial charge in [-0.2, -0.15) is 0 Å². The van der Waals surface area contributed by atoms with Crippen LogP contribution in [0.1, 0.15) is 33.0 Å². The highest BCUT2D eigenvalue weighted by atomic mass is 16.3. The fourth-order valence-corrected chi connectivity index (χ4v) is 2.46. The number of carbonyl (C=O) groups is 2. The predicted octanol–water partition coefficient (Wildman–Crippen LogP) is 3.76. The van der Waals surface area contributed by atoms with Crippen LogP contribution < -0.4 is 5.32 Å². The van der Waals surface area contributed by atoms with E-state index in [4.69, 9.17) is 4.42 Å². The molecule has 2 aromatic rings. The van der Waals surface area contributed by atoms with Gasteiger partial charge in [0.15, 0.2) is 5.78 Å². The molecule has 0 radical (unpaired) electrons. The maximum absolute atomic E-state index is 12.6. The standard InChI is InChI=1S/C18H15NO3/c1-10-4-6-13(7-5-10)19-18(21)17-12(3)22-15-9-8-14(20)11(2)16(15)17/h4-9H,2H2,1,3H3,(H,19,21). The Kier molecular flexibility index (Phi) is 3.29. The average molecular weight is 293 g/mol. The second kappa shape index (κ2) is 5.15. The summed E-state index contributed by atoms with van der Waals surface area (Å²) < 4.78 is 5.57. The van der Waals surface area contributed by atoms with Gasteiger partial charge in [-0.1, -0.05) is 24.3 Å². The first kappa shape index (κ1) is 14.1. The third-order valence-electron chi connectivity index (χ3n) is 3.63. The summed E-state index contributed by atoms with van der Waals surface area (Å²) in [5.41, 5.74) is 2.92. The first-order valence-electron chi connectivity index (χ1n) is 6.90. The van der Waals surface area contributed by atoms with Gasteiger partial charge in [0.2, 0.25) is 0 Å². The molecule has 1 aromatic carbocycles. The van der Waals surface area contributed by atoms with Gasteiger partial charge in [-0.3, -0.25) is 9.59 Å². The molecule has 0 saturated carbocycles. The molecule has 1 heterocycles. The summed E-state index contributed by atoms with van der Waals surface area (Å²) in [5.74, 6) is 0.444. The van der Waals surface area contributed by atoms with Crippen LogP contribution in [0.4, 0.5) is 5.69 Å². The number of carbonyl (C=O) groups excluding carboxylic acids is 2. The van der Waals surface area contributed by atoms with Gasteiger partial charge in [0.25, 0.3) is 5.91 Å². The SMILES string of the molecule is C=C1C(=O)C=Cc2oc(C)c(C(=O)Nc3ccc(C)cc3)c21. The normalized spacial score (nSPS) is 13.2. The van der Waals surface area contributed by atoms with E-state index in [1.807, 2.05) is 31.2 Å². The second-order valence-electron chi connectivity index (χ2n) is 5.27. The van der Waals surface area contributed by atoms with Crippen molar-refractivity contribution in [1.82, 2.24) is 0 Å². The lowest BCUT2D eigenvalue weighted by molar-refractivity contribution is -0.109. The number of aryl methyl sites for hydroxylation is 2. The number of benzene rings is 1. The lowest BCUT2D eigenvalue weighted by Crippen LogP contribution is -2.15. The molecule has 0 unspecified atom stereocenters. The molecule has 110 valence electrons. The van der Waals surface area contributed by atoms with Crippen molar-refractivity contribution in [3.05, 3.63) is 65.1 Å². The molecule has 0 aliphatic heterocycles. The number of allylic oxidation sites excluding steroid dienone is 2. The Bertz CT molecular complexity index is 823. The number of amides is 1. The molecule has 0 atom stereocenters. The van der Waals surface area contributed by atoms with Crippen LogP contribution in [0.5, 0.6) is 0 Å². The average Bonchev–Trinajstić information content (AvgIpc) is 2.82. The minimum absolute atomic E-state index is 0.210. The highest BCUT2D eigenvalue weighted by molar-refractivity contribution is 6.31. The van der Waals surface area contributed by atoms with Crippen LogP contribution in [-0.4, -0.2) is 11.7 Å². The number of rotatable bonds is 2. The fourth-order valence-electron chi connectivity index (χ4n) is 2.46. The van der Waals surface area contributed by atoms with Crippen LogP contribution in [0, 0.1) is 13.8 Å². The van der Waals surface area contributed by atoms with Gasteiger partial charge in [0, 0.05) is 16.8 Å². The van der Waals surface area contributed by atoms with E-state index in [1.165, 1.54) is 6.08 Å². The van der Waals surface area contributed by atoms with Gasteiger partial charge >= 0.3 is 0 Å². The number of ketones is 1.